The van der Waals surface area contributed by atoms with Gasteiger partial charge in [-0.1, -0.05) is 73.5 Å². The molecule has 38 heavy (non-hydrogen) atoms. The Morgan fingerprint density at radius 2 is 2.03 bits per heavy atom. The van der Waals surface area contributed by atoms with Crippen LogP contribution in [0.5, 0.6) is 0 Å². The summed E-state index contributed by atoms with van der Waals surface area (Å²) in [5.74, 6) is 5.91. The van der Waals surface area contributed by atoms with Crippen LogP contribution in [-0.2, 0) is 19.0 Å². The monoisotopic (exact) mass is 568 g/mol. The predicted octanol–water partition coefficient (Wildman–Crippen LogP) is 3.64. The van der Waals surface area contributed by atoms with Crippen LogP contribution in [0.25, 0.3) is 0 Å². The molecule has 0 amide bonds. The van der Waals surface area contributed by atoms with Gasteiger partial charge in [-0.25, -0.2) is 4.79 Å². The van der Waals surface area contributed by atoms with Crippen LogP contribution in [0.3, 0.4) is 0 Å². The summed E-state index contributed by atoms with van der Waals surface area (Å²) in [6.07, 6.45) is 6.99. The first-order valence-corrected chi connectivity index (χ1v) is 15.7. The number of ether oxygens (including phenoxy) is 3. The number of nitrogens with one attached hydrogen (secondary N) is 1. The number of aliphatic hydroxyl groups excluding tert-OH is 1. The van der Waals surface area contributed by atoms with Gasteiger partial charge in [0.05, 0.1) is 19.3 Å². The molecule has 2 heterocycles. The second kappa shape index (κ2) is 15.2. The molecule has 1 aliphatic carbocycles. The van der Waals surface area contributed by atoms with E-state index in [0.717, 1.165) is 17.4 Å². The number of aromatic nitrogens is 2. The lowest BCUT2D eigenvalue weighted by Gasteiger charge is -2.21. The molecule has 3 unspecified atom stereocenters. The number of hydrogen-bond donors (Lipinski definition) is 2. The average Bonchev–Trinajstić information content (AvgIpc) is 3.22. The minimum absolute atomic E-state index is 0.0207. The number of esters is 1. The van der Waals surface area contributed by atoms with Crippen molar-refractivity contribution in [3.05, 3.63) is 32.6 Å². The van der Waals surface area contributed by atoms with Gasteiger partial charge in [-0.05, 0) is 24.7 Å². The third kappa shape index (κ3) is 10.5. The van der Waals surface area contributed by atoms with Crippen molar-refractivity contribution in [2.45, 2.75) is 95.8 Å². The number of aromatic amines is 1. The number of carbonyl (C=O) groups is 1. The van der Waals surface area contributed by atoms with Gasteiger partial charge < -0.3 is 19.3 Å². The van der Waals surface area contributed by atoms with Crippen LogP contribution in [0.15, 0.2) is 15.8 Å². The first-order chi connectivity index (χ1) is 18.1. The summed E-state index contributed by atoms with van der Waals surface area (Å²) in [7, 11) is 3.77. The SMILES string of the molecule is CC(C)(C)COCC1OC(n2cc(C#CCOC(=O)CCCSSC3CCCCC3)c(=O)[nH]c2=O)CC1O. The fourth-order valence-electron chi connectivity index (χ4n) is 4.21. The summed E-state index contributed by atoms with van der Waals surface area (Å²) in [6, 6.07) is 0. The molecule has 11 heteroatoms. The number of H-pyrrole nitrogens is 1. The van der Waals surface area contributed by atoms with Crippen LogP contribution >= 0.6 is 21.6 Å². The number of hydrogen-bond acceptors (Lipinski definition) is 9. The van der Waals surface area contributed by atoms with Gasteiger partial charge in [-0.3, -0.25) is 19.1 Å². The normalized spacial score (nSPS) is 22.2. The Hall–Kier alpha value is -1.71. The standard InChI is InChI=1S/C27H40N2O7S2/c1-27(2,3)18-34-17-22-21(30)15-23(36-22)29-16-19(25(32)28-26(29)33)9-7-13-35-24(31)12-8-14-37-38-20-10-5-4-6-11-20/h16,20-23,30H,4-6,8,10-15,17-18H2,1-3H3,(H,28,32,33). The lowest BCUT2D eigenvalue weighted by molar-refractivity contribution is -0.142. The van der Waals surface area contributed by atoms with Crippen LogP contribution < -0.4 is 11.2 Å². The lowest BCUT2D eigenvalue weighted by Crippen LogP contribution is -2.34. The molecular formula is C27H40N2O7S2. The minimum Gasteiger partial charge on any atom is -0.452 e. The summed E-state index contributed by atoms with van der Waals surface area (Å²) < 4.78 is 17.9. The smallest absolute Gasteiger partial charge is 0.330 e. The second-order valence-electron chi connectivity index (χ2n) is 11.0. The van der Waals surface area contributed by atoms with E-state index in [2.05, 4.69) is 16.8 Å². The van der Waals surface area contributed by atoms with Crippen LogP contribution in [0.1, 0.15) is 83.9 Å². The third-order valence-corrected chi connectivity index (χ3v) is 9.25. The molecule has 1 aromatic rings. The van der Waals surface area contributed by atoms with Gasteiger partial charge >= 0.3 is 11.7 Å². The largest absolute Gasteiger partial charge is 0.452 e. The van der Waals surface area contributed by atoms with E-state index in [1.807, 2.05) is 42.4 Å². The maximum atomic E-state index is 12.4. The summed E-state index contributed by atoms with van der Waals surface area (Å²) in [4.78, 5) is 38.8. The molecule has 2 fully saturated rings. The van der Waals surface area contributed by atoms with Crippen molar-refractivity contribution in [2.75, 3.05) is 25.6 Å². The van der Waals surface area contributed by atoms with Gasteiger partial charge in [0.1, 0.15) is 17.9 Å². The molecule has 0 radical (unpaired) electrons. The van der Waals surface area contributed by atoms with E-state index >= 15 is 0 Å². The van der Waals surface area contributed by atoms with E-state index < -0.39 is 29.7 Å². The fourth-order valence-corrected chi connectivity index (χ4v) is 7.08. The second-order valence-corrected chi connectivity index (χ2v) is 13.7. The number of rotatable bonds is 11. The summed E-state index contributed by atoms with van der Waals surface area (Å²) in [5.41, 5.74) is -1.27. The first-order valence-electron chi connectivity index (χ1n) is 13.3. The van der Waals surface area contributed by atoms with Crippen LogP contribution in [0, 0.1) is 17.3 Å². The molecule has 3 rings (SSSR count). The number of nitrogens with zero attached hydrogens (tertiary/aromatic N) is 1. The van der Waals surface area contributed by atoms with Crippen LogP contribution in [0.4, 0.5) is 0 Å². The first kappa shape index (κ1) is 30.8. The van der Waals surface area contributed by atoms with E-state index in [-0.39, 0.29) is 36.6 Å². The zero-order chi connectivity index (χ0) is 27.5. The van der Waals surface area contributed by atoms with E-state index in [0.29, 0.717) is 13.0 Å². The van der Waals surface area contributed by atoms with E-state index in [9.17, 15) is 19.5 Å². The molecule has 1 aliphatic heterocycles. The molecule has 0 aromatic carbocycles. The molecule has 1 saturated carbocycles. The summed E-state index contributed by atoms with van der Waals surface area (Å²) >= 11 is 0. The van der Waals surface area contributed by atoms with Crippen molar-refractivity contribution in [1.29, 1.82) is 0 Å². The Morgan fingerprint density at radius 1 is 1.26 bits per heavy atom. The predicted molar refractivity (Wildman–Crippen MR) is 150 cm³/mol. The summed E-state index contributed by atoms with van der Waals surface area (Å²) in [6.45, 7) is 6.69. The molecule has 212 valence electrons. The maximum Gasteiger partial charge on any atom is 0.330 e. The topological polar surface area (TPSA) is 120 Å². The van der Waals surface area contributed by atoms with Gasteiger partial charge in [0.2, 0.25) is 0 Å². The molecule has 2 aliphatic rings. The van der Waals surface area contributed by atoms with Crippen molar-refractivity contribution in [3.63, 3.8) is 0 Å². The van der Waals surface area contributed by atoms with Gasteiger partial charge in [0.25, 0.3) is 5.56 Å². The highest BCUT2D eigenvalue weighted by atomic mass is 33.1. The molecule has 0 bridgehead atoms. The van der Waals surface area contributed by atoms with Crippen molar-refractivity contribution in [3.8, 4) is 11.8 Å². The lowest BCUT2D eigenvalue weighted by atomic mass is 9.99. The highest BCUT2D eigenvalue weighted by molar-refractivity contribution is 8.76. The number of aliphatic hydroxyl groups is 1. The van der Waals surface area contributed by atoms with Gasteiger partial charge in [-0.2, -0.15) is 0 Å². The van der Waals surface area contributed by atoms with Crippen molar-refractivity contribution < 1.29 is 24.1 Å². The summed E-state index contributed by atoms with van der Waals surface area (Å²) in [5, 5.41) is 11.1. The Labute approximate surface area is 232 Å². The number of carbonyl (C=O) groups excluding carboxylic acids is 1. The Balaban J connectivity index is 1.43. The van der Waals surface area contributed by atoms with Gasteiger partial charge in [-0.15, -0.1) is 0 Å². The molecule has 9 nitrogen and oxygen atoms in total. The molecule has 0 spiro atoms. The zero-order valence-electron chi connectivity index (χ0n) is 22.5. The van der Waals surface area contributed by atoms with Crippen molar-refractivity contribution >= 4 is 27.6 Å². The average molecular weight is 569 g/mol. The molecule has 1 aromatic heterocycles. The Bertz CT molecular complexity index is 1080. The minimum atomic E-state index is -0.808. The van der Waals surface area contributed by atoms with Gasteiger partial charge in [0, 0.05) is 30.0 Å². The van der Waals surface area contributed by atoms with E-state index in [1.54, 1.807) is 0 Å². The van der Waals surface area contributed by atoms with Crippen LogP contribution in [-0.4, -0.2) is 63.7 Å². The van der Waals surface area contributed by atoms with Gasteiger partial charge in [0.15, 0.2) is 6.61 Å². The molecule has 3 atom stereocenters. The zero-order valence-corrected chi connectivity index (χ0v) is 24.2. The van der Waals surface area contributed by atoms with E-state index in [1.165, 1.54) is 42.9 Å². The van der Waals surface area contributed by atoms with E-state index in [4.69, 9.17) is 14.2 Å². The van der Waals surface area contributed by atoms with Crippen molar-refractivity contribution in [1.82, 2.24) is 9.55 Å². The molecule has 1 saturated heterocycles. The molecular weight excluding hydrogens is 528 g/mol. The Morgan fingerprint density at radius 3 is 2.76 bits per heavy atom. The molecule has 2 N–H and O–H groups in total. The highest BCUT2D eigenvalue weighted by Crippen LogP contribution is 2.36. The maximum absolute atomic E-state index is 12.4. The fraction of sp³-hybridized carbons (Fsp3) is 0.741. The highest BCUT2D eigenvalue weighted by Gasteiger charge is 2.36. The van der Waals surface area contributed by atoms with Crippen LogP contribution in [0.2, 0.25) is 0 Å². The third-order valence-electron chi connectivity index (χ3n) is 6.19. The van der Waals surface area contributed by atoms with Crippen molar-refractivity contribution in [2.24, 2.45) is 5.41 Å². The quantitative estimate of drug-likeness (QED) is 0.178. The Kier molecular flexibility index (Phi) is 12.3.